The van der Waals surface area contributed by atoms with E-state index in [2.05, 4.69) is 27.1 Å². The van der Waals surface area contributed by atoms with Gasteiger partial charge in [0.05, 0.1) is 11.9 Å². The molecule has 2 aromatic heterocycles. The van der Waals surface area contributed by atoms with Gasteiger partial charge in [0.1, 0.15) is 6.10 Å². The standard InChI is InChI=1S/C19H20N4O.C4H4O4/c1-2-4-14(5-3-1)16-12-23-18(20-16)6-7-19(21-23)24-17-13-22-10-8-15(17)9-11-22;5-3(6)1-2-4(7)8/h1-7,12,15,17H,8-11,13H2;1-2H,(H,5,6)(H,7,8)/b;2-1+. The predicted molar refractivity (Wildman–Crippen MR) is 116 cm³/mol. The van der Waals surface area contributed by atoms with E-state index < -0.39 is 11.9 Å². The molecule has 3 fully saturated rings. The second-order valence-electron chi connectivity index (χ2n) is 7.77. The van der Waals surface area contributed by atoms with Crippen molar-refractivity contribution in [1.29, 1.82) is 0 Å². The average Bonchev–Trinajstić information content (AvgIpc) is 3.23. The average molecular weight is 436 g/mol. The fourth-order valence-corrected chi connectivity index (χ4v) is 4.02. The van der Waals surface area contributed by atoms with Gasteiger partial charge in [0, 0.05) is 30.3 Å². The minimum atomic E-state index is -1.26. The molecule has 0 aliphatic carbocycles. The van der Waals surface area contributed by atoms with E-state index in [1.807, 2.05) is 41.0 Å². The highest BCUT2D eigenvalue weighted by Crippen LogP contribution is 2.30. The Morgan fingerprint density at radius 3 is 2.28 bits per heavy atom. The number of aliphatic carboxylic acids is 2. The summed E-state index contributed by atoms with van der Waals surface area (Å²) < 4.78 is 8.03. The Balaban J connectivity index is 0.000000265. The molecule has 0 radical (unpaired) electrons. The van der Waals surface area contributed by atoms with Crippen LogP contribution in [0.1, 0.15) is 12.8 Å². The minimum Gasteiger partial charge on any atom is -0.478 e. The van der Waals surface area contributed by atoms with Crippen LogP contribution in [0.2, 0.25) is 0 Å². The van der Waals surface area contributed by atoms with Crippen molar-refractivity contribution in [2.75, 3.05) is 19.6 Å². The maximum absolute atomic E-state index is 9.55. The van der Waals surface area contributed by atoms with Crippen molar-refractivity contribution < 1.29 is 24.5 Å². The van der Waals surface area contributed by atoms with Gasteiger partial charge in [-0.2, -0.15) is 0 Å². The first-order chi connectivity index (χ1) is 15.5. The van der Waals surface area contributed by atoms with Crippen LogP contribution in [0.4, 0.5) is 0 Å². The molecular formula is C23H24N4O5. The number of hydrogen-bond acceptors (Lipinski definition) is 6. The van der Waals surface area contributed by atoms with Gasteiger partial charge in [-0.3, -0.25) is 4.90 Å². The van der Waals surface area contributed by atoms with Gasteiger partial charge < -0.3 is 14.9 Å². The van der Waals surface area contributed by atoms with Crippen LogP contribution >= 0.6 is 0 Å². The first-order valence-electron chi connectivity index (χ1n) is 10.4. The molecule has 2 bridgehead atoms. The number of piperidine rings is 3. The summed E-state index contributed by atoms with van der Waals surface area (Å²) in [5.74, 6) is -1.15. The lowest BCUT2D eigenvalue weighted by atomic mass is 9.86. The highest BCUT2D eigenvalue weighted by atomic mass is 16.5. The van der Waals surface area contributed by atoms with Gasteiger partial charge in [-0.15, -0.1) is 5.10 Å². The van der Waals surface area contributed by atoms with Crippen LogP contribution in [0.5, 0.6) is 5.88 Å². The van der Waals surface area contributed by atoms with E-state index >= 15 is 0 Å². The monoisotopic (exact) mass is 436 g/mol. The maximum Gasteiger partial charge on any atom is 0.328 e. The van der Waals surface area contributed by atoms with Crippen LogP contribution < -0.4 is 4.74 Å². The molecule has 3 aliphatic rings. The van der Waals surface area contributed by atoms with E-state index in [9.17, 15) is 9.59 Å². The number of aromatic nitrogens is 3. The van der Waals surface area contributed by atoms with Gasteiger partial charge >= 0.3 is 11.9 Å². The molecule has 5 heterocycles. The lowest BCUT2D eigenvalue weighted by molar-refractivity contribution is -0.134. The Hall–Kier alpha value is -3.72. The van der Waals surface area contributed by atoms with Crippen molar-refractivity contribution in [3.8, 4) is 17.1 Å². The third-order valence-electron chi connectivity index (χ3n) is 5.60. The van der Waals surface area contributed by atoms with Crippen LogP contribution in [-0.4, -0.2) is 67.4 Å². The summed E-state index contributed by atoms with van der Waals surface area (Å²) in [6.07, 6.45) is 5.85. The van der Waals surface area contributed by atoms with E-state index in [0.717, 1.165) is 23.4 Å². The summed E-state index contributed by atoms with van der Waals surface area (Å²) >= 11 is 0. The molecule has 2 N–H and O–H groups in total. The number of imidazole rings is 1. The van der Waals surface area contributed by atoms with Crippen LogP contribution in [0.15, 0.2) is 60.8 Å². The van der Waals surface area contributed by atoms with Crippen molar-refractivity contribution in [3.63, 3.8) is 0 Å². The van der Waals surface area contributed by atoms with Gasteiger partial charge in [-0.1, -0.05) is 30.3 Å². The molecule has 0 saturated carbocycles. The number of fused-ring (bicyclic) bond motifs is 4. The van der Waals surface area contributed by atoms with Crippen molar-refractivity contribution in [1.82, 2.24) is 19.5 Å². The maximum atomic E-state index is 9.55. The summed E-state index contributed by atoms with van der Waals surface area (Å²) in [5.41, 5.74) is 2.88. The summed E-state index contributed by atoms with van der Waals surface area (Å²) in [6.45, 7) is 3.47. The lowest BCUT2D eigenvalue weighted by Crippen LogP contribution is -2.52. The number of carboxylic acid groups (broad SMARTS) is 2. The Kier molecular flexibility index (Phi) is 6.46. The van der Waals surface area contributed by atoms with Crippen LogP contribution in [0.3, 0.4) is 0 Å². The Labute approximate surface area is 184 Å². The van der Waals surface area contributed by atoms with E-state index in [-0.39, 0.29) is 6.10 Å². The second-order valence-corrected chi connectivity index (χ2v) is 7.77. The number of rotatable bonds is 5. The quantitative estimate of drug-likeness (QED) is 0.586. The zero-order chi connectivity index (χ0) is 22.5. The number of benzene rings is 1. The zero-order valence-corrected chi connectivity index (χ0v) is 17.4. The van der Waals surface area contributed by atoms with E-state index in [1.165, 1.54) is 25.9 Å². The summed E-state index contributed by atoms with van der Waals surface area (Å²) in [7, 11) is 0. The van der Waals surface area contributed by atoms with Crippen molar-refractivity contribution in [2.45, 2.75) is 18.9 Å². The third-order valence-corrected chi connectivity index (χ3v) is 5.60. The highest BCUT2D eigenvalue weighted by Gasteiger charge is 2.35. The molecular weight excluding hydrogens is 412 g/mol. The molecule has 3 aromatic rings. The summed E-state index contributed by atoms with van der Waals surface area (Å²) in [6, 6.07) is 14.1. The topological polar surface area (TPSA) is 117 Å². The Morgan fingerprint density at radius 1 is 1.00 bits per heavy atom. The van der Waals surface area contributed by atoms with Crippen molar-refractivity contribution in [3.05, 3.63) is 60.8 Å². The molecule has 9 heteroatoms. The summed E-state index contributed by atoms with van der Waals surface area (Å²) in [4.78, 5) is 26.2. The Bertz CT molecular complexity index is 1100. The minimum absolute atomic E-state index is 0.273. The normalized spacial score (nSPS) is 21.8. The number of carboxylic acids is 2. The summed E-state index contributed by atoms with van der Waals surface area (Å²) in [5, 5.41) is 20.2. The number of carbonyl (C=O) groups is 2. The Morgan fingerprint density at radius 2 is 1.69 bits per heavy atom. The molecule has 166 valence electrons. The third kappa shape index (κ3) is 5.30. The SMILES string of the molecule is O=C(O)/C=C/C(=O)O.c1ccc(-c2cn3nc(OC4CN5CCC4CC5)ccc3n2)cc1. The van der Waals surface area contributed by atoms with Crippen molar-refractivity contribution in [2.24, 2.45) is 5.92 Å². The number of nitrogens with zero attached hydrogens (tertiary/aromatic N) is 4. The molecule has 9 nitrogen and oxygen atoms in total. The smallest absolute Gasteiger partial charge is 0.328 e. The van der Waals surface area contributed by atoms with Crippen LogP contribution in [0.25, 0.3) is 16.9 Å². The van der Waals surface area contributed by atoms with Gasteiger partial charge in [0.15, 0.2) is 5.65 Å². The first-order valence-corrected chi connectivity index (χ1v) is 10.4. The molecule has 0 amide bonds. The van der Waals surface area contributed by atoms with Gasteiger partial charge in [-0.05, 0) is 37.9 Å². The molecule has 1 unspecified atom stereocenters. The molecule has 3 saturated heterocycles. The van der Waals surface area contributed by atoms with E-state index in [1.54, 1.807) is 0 Å². The predicted octanol–water partition coefficient (Wildman–Crippen LogP) is 2.58. The van der Waals surface area contributed by atoms with Gasteiger partial charge in [0.2, 0.25) is 5.88 Å². The van der Waals surface area contributed by atoms with Gasteiger partial charge in [0.25, 0.3) is 0 Å². The number of hydrogen-bond donors (Lipinski definition) is 2. The number of ether oxygens (including phenoxy) is 1. The largest absolute Gasteiger partial charge is 0.478 e. The fourth-order valence-electron chi connectivity index (χ4n) is 4.02. The van der Waals surface area contributed by atoms with E-state index in [4.69, 9.17) is 14.9 Å². The van der Waals surface area contributed by atoms with E-state index in [0.29, 0.717) is 23.9 Å². The molecule has 6 rings (SSSR count). The highest BCUT2D eigenvalue weighted by molar-refractivity contribution is 5.89. The molecule has 3 aliphatic heterocycles. The second kappa shape index (κ2) is 9.61. The zero-order valence-electron chi connectivity index (χ0n) is 17.4. The molecule has 0 spiro atoms. The molecule has 1 aromatic carbocycles. The fraction of sp³-hybridized carbons (Fsp3) is 0.304. The first kappa shape index (κ1) is 21.5. The molecule has 1 atom stereocenters. The molecule has 32 heavy (non-hydrogen) atoms. The van der Waals surface area contributed by atoms with Crippen LogP contribution in [-0.2, 0) is 9.59 Å². The van der Waals surface area contributed by atoms with Crippen LogP contribution in [0, 0.1) is 5.92 Å². The van der Waals surface area contributed by atoms with Gasteiger partial charge in [-0.25, -0.2) is 19.1 Å². The van der Waals surface area contributed by atoms with Crippen molar-refractivity contribution >= 4 is 17.6 Å². The lowest BCUT2D eigenvalue weighted by Gasteiger charge is -2.44.